The van der Waals surface area contributed by atoms with Crippen molar-refractivity contribution in [2.45, 2.75) is 19.0 Å². The number of amides is 1. The first-order chi connectivity index (χ1) is 15.4. The van der Waals surface area contributed by atoms with Crippen LogP contribution in [-0.4, -0.2) is 43.3 Å². The Morgan fingerprint density at radius 2 is 1.78 bits per heavy atom. The summed E-state index contributed by atoms with van der Waals surface area (Å²) in [6.07, 6.45) is 0. The fourth-order valence-corrected chi connectivity index (χ4v) is 4.01. The lowest BCUT2D eigenvalue weighted by Crippen LogP contribution is -2.16. The van der Waals surface area contributed by atoms with Gasteiger partial charge in [0.05, 0.1) is 18.6 Å². The highest BCUT2D eigenvalue weighted by Gasteiger charge is 2.18. The summed E-state index contributed by atoms with van der Waals surface area (Å²) in [4.78, 5) is 12.5. The zero-order valence-corrected chi connectivity index (χ0v) is 19.2. The average molecular weight is 449 g/mol. The van der Waals surface area contributed by atoms with Gasteiger partial charge in [0.2, 0.25) is 5.91 Å². The third-order valence-electron chi connectivity index (χ3n) is 4.88. The van der Waals surface area contributed by atoms with Crippen molar-refractivity contribution >= 4 is 23.5 Å². The van der Waals surface area contributed by atoms with Gasteiger partial charge >= 0.3 is 0 Å². The van der Waals surface area contributed by atoms with Crippen molar-refractivity contribution in [3.05, 3.63) is 65.9 Å². The molecule has 0 bridgehead atoms. The number of aryl methyl sites for hydroxylation is 3. The molecule has 0 aliphatic carbocycles. The zero-order chi connectivity index (χ0) is 22.7. The number of hydrogen-bond acceptors (Lipinski definition) is 6. The monoisotopic (exact) mass is 448 g/mol. The Morgan fingerprint density at radius 1 is 1.06 bits per heavy atom. The minimum Gasteiger partial charge on any atom is -0.497 e. The number of anilines is 1. The van der Waals surface area contributed by atoms with Gasteiger partial charge in [-0.1, -0.05) is 29.5 Å². The van der Waals surface area contributed by atoms with Crippen LogP contribution < -0.4 is 10.1 Å². The van der Waals surface area contributed by atoms with Gasteiger partial charge in [0.15, 0.2) is 11.0 Å². The Bertz CT molecular complexity index is 1230. The molecule has 164 valence electrons. The summed E-state index contributed by atoms with van der Waals surface area (Å²) >= 11 is 1.33. The number of nitrogens with zero attached hydrogens (tertiary/aromatic N) is 5. The van der Waals surface area contributed by atoms with Crippen molar-refractivity contribution in [2.75, 3.05) is 18.2 Å². The molecule has 2 heterocycles. The van der Waals surface area contributed by atoms with Crippen LogP contribution in [0.25, 0.3) is 17.1 Å². The van der Waals surface area contributed by atoms with Crippen LogP contribution in [0.5, 0.6) is 5.75 Å². The minimum absolute atomic E-state index is 0.137. The van der Waals surface area contributed by atoms with E-state index in [2.05, 4.69) is 20.6 Å². The molecule has 2 aromatic heterocycles. The van der Waals surface area contributed by atoms with Gasteiger partial charge in [-0.25, -0.2) is 0 Å². The first-order valence-electron chi connectivity index (χ1n) is 10.0. The van der Waals surface area contributed by atoms with Gasteiger partial charge in [0.25, 0.3) is 0 Å². The normalized spacial score (nSPS) is 10.9. The Labute approximate surface area is 190 Å². The molecule has 2 aromatic carbocycles. The average Bonchev–Trinajstić information content (AvgIpc) is 3.35. The van der Waals surface area contributed by atoms with Gasteiger partial charge in [0.1, 0.15) is 11.6 Å². The van der Waals surface area contributed by atoms with Crippen LogP contribution in [0.4, 0.5) is 5.82 Å². The molecule has 0 aliphatic rings. The molecule has 0 radical (unpaired) electrons. The van der Waals surface area contributed by atoms with Crippen LogP contribution >= 0.6 is 11.8 Å². The molecule has 0 unspecified atom stereocenters. The maximum Gasteiger partial charge on any atom is 0.235 e. The SMILES string of the molecule is COc1ccc(-c2nnc(SCC(=O)Nc3cc(C)nn3C)n2-c2ccc(C)cc2)cc1. The molecule has 32 heavy (non-hydrogen) atoms. The highest BCUT2D eigenvalue weighted by molar-refractivity contribution is 7.99. The van der Waals surface area contributed by atoms with E-state index in [1.165, 1.54) is 11.8 Å². The van der Waals surface area contributed by atoms with Crippen molar-refractivity contribution in [1.29, 1.82) is 0 Å². The van der Waals surface area contributed by atoms with E-state index in [1.54, 1.807) is 18.8 Å². The van der Waals surface area contributed by atoms with Gasteiger partial charge in [0, 0.05) is 24.4 Å². The standard InChI is InChI=1S/C23H24N6O2S/c1-15-5-9-18(10-6-15)29-22(17-7-11-19(31-4)12-8-17)25-26-23(29)32-14-21(30)24-20-13-16(2)27-28(20)3/h5-13H,14H2,1-4H3,(H,24,30). The molecule has 0 atom stereocenters. The van der Waals surface area contributed by atoms with E-state index in [-0.39, 0.29) is 11.7 Å². The molecule has 4 aromatic rings. The van der Waals surface area contributed by atoms with Crippen molar-refractivity contribution in [1.82, 2.24) is 24.5 Å². The van der Waals surface area contributed by atoms with Crippen molar-refractivity contribution in [2.24, 2.45) is 7.05 Å². The van der Waals surface area contributed by atoms with E-state index in [4.69, 9.17) is 4.74 Å². The number of aromatic nitrogens is 5. The van der Waals surface area contributed by atoms with E-state index >= 15 is 0 Å². The van der Waals surface area contributed by atoms with Gasteiger partial charge < -0.3 is 10.1 Å². The predicted octanol–water partition coefficient (Wildman–Crippen LogP) is 4.02. The second kappa shape index (κ2) is 9.27. The number of benzene rings is 2. The quantitative estimate of drug-likeness (QED) is 0.430. The number of carbonyl (C=O) groups excluding carboxylic acids is 1. The van der Waals surface area contributed by atoms with E-state index in [0.717, 1.165) is 28.3 Å². The van der Waals surface area contributed by atoms with Crippen LogP contribution in [-0.2, 0) is 11.8 Å². The lowest BCUT2D eigenvalue weighted by atomic mass is 10.2. The van der Waals surface area contributed by atoms with Crippen LogP contribution in [0.1, 0.15) is 11.3 Å². The largest absolute Gasteiger partial charge is 0.497 e. The second-order valence-electron chi connectivity index (χ2n) is 7.34. The Balaban J connectivity index is 1.61. The predicted molar refractivity (Wildman–Crippen MR) is 125 cm³/mol. The molecular formula is C23H24N6O2S. The molecule has 0 saturated carbocycles. The van der Waals surface area contributed by atoms with Gasteiger partial charge in [-0.05, 0) is 50.2 Å². The van der Waals surface area contributed by atoms with Crippen LogP contribution in [0.2, 0.25) is 0 Å². The highest BCUT2D eigenvalue weighted by atomic mass is 32.2. The summed E-state index contributed by atoms with van der Waals surface area (Å²) in [6.45, 7) is 3.93. The number of rotatable bonds is 7. The molecule has 0 fully saturated rings. The molecular weight excluding hydrogens is 424 g/mol. The number of methoxy groups -OCH3 is 1. The third-order valence-corrected chi connectivity index (χ3v) is 5.80. The second-order valence-corrected chi connectivity index (χ2v) is 8.28. The van der Waals surface area contributed by atoms with Crippen LogP contribution in [0, 0.1) is 13.8 Å². The third kappa shape index (κ3) is 4.67. The number of nitrogens with one attached hydrogen (secondary N) is 1. The van der Waals surface area contributed by atoms with Crippen LogP contribution in [0.3, 0.4) is 0 Å². The summed E-state index contributed by atoms with van der Waals surface area (Å²) in [5, 5.41) is 16.6. The maximum absolute atomic E-state index is 12.5. The Kier molecular flexibility index (Phi) is 6.27. The lowest BCUT2D eigenvalue weighted by Gasteiger charge is -2.11. The van der Waals surface area contributed by atoms with Crippen molar-refractivity contribution in [3.63, 3.8) is 0 Å². The lowest BCUT2D eigenvalue weighted by molar-refractivity contribution is -0.113. The van der Waals surface area contributed by atoms with Gasteiger partial charge in [-0.2, -0.15) is 5.10 Å². The molecule has 9 heteroatoms. The highest BCUT2D eigenvalue weighted by Crippen LogP contribution is 2.29. The number of carbonyl (C=O) groups is 1. The maximum atomic E-state index is 12.5. The summed E-state index contributed by atoms with van der Waals surface area (Å²) in [5.74, 6) is 2.18. The summed E-state index contributed by atoms with van der Waals surface area (Å²) < 4.78 is 8.88. The molecule has 4 rings (SSSR count). The number of hydrogen-bond donors (Lipinski definition) is 1. The van der Waals surface area contributed by atoms with Gasteiger partial charge in [-0.15, -0.1) is 10.2 Å². The fourth-order valence-electron chi connectivity index (χ4n) is 3.25. The zero-order valence-electron chi connectivity index (χ0n) is 18.4. The number of thioether (sulfide) groups is 1. The van der Waals surface area contributed by atoms with E-state index < -0.39 is 0 Å². The van der Waals surface area contributed by atoms with Crippen LogP contribution in [0.15, 0.2) is 59.8 Å². The Hall–Kier alpha value is -3.59. The first-order valence-corrected chi connectivity index (χ1v) is 11.0. The number of ether oxygens (including phenoxy) is 1. The topological polar surface area (TPSA) is 86.9 Å². The van der Waals surface area contributed by atoms with E-state index in [9.17, 15) is 4.79 Å². The molecule has 1 amide bonds. The fraction of sp³-hybridized carbons (Fsp3) is 0.217. The molecule has 0 saturated heterocycles. The molecule has 8 nitrogen and oxygen atoms in total. The summed E-state index contributed by atoms with van der Waals surface area (Å²) in [7, 11) is 3.43. The summed E-state index contributed by atoms with van der Waals surface area (Å²) in [5.41, 5.74) is 3.84. The Morgan fingerprint density at radius 3 is 2.41 bits per heavy atom. The van der Waals surface area contributed by atoms with Crippen molar-refractivity contribution < 1.29 is 9.53 Å². The van der Waals surface area contributed by atoms with E-state index in [0.29, 0.717) is 16.8 Å². The molecule has 0 spiro atoms. The van der Waals surface area contributed by atoms with E-state index in [1.807, 2.05) is 73.0 Å². The first kappa shape index (κ1) is 21.6. The summed E-state index contributed by atoms with van der Waals surface area (Å²) in [6, 6.07) is 17.6. The smallest absolute Gasteiger partial charge is 0.235 e. The molecule has 0 aliphatic heterocycles. The van der Waals surface area contributed by atoms with Gasteiger partial charge in [-0.3, -0.25) is 14.0 Å². The van der Waals surface area contributed by atoms with Crippen molar-refractivity contribution in [3.8, 4) is 22.8 Å². The molecule has 1 N–H and O–H groups in total. The minimum atomic E-state index is -0.137.